The molecule has 0 saturated heterocycles. The van der Waals surface area contributed by atoms with Crippen LogP contribution in [0.1, 0.15) is 0 Å². The van der Waals surface area contributed by atoms with Crippen molar-refractivity contribution in [1.29, 1.82) is 0 Å². The molecule has 0 aliphatic heterocycles. The van der Waals surface area contributed by atoms with Gasteiger partial charge < -0.3 is 0 Å². The molecule has 2 heterocycles. The highest BCUT2D eigenvalue weighted by atomic mass is 35.5. The molecule has 0 aromatic carbocycles. The first-order valence-corrected chi connectivity index (χ1v) is 5.90. The van der Waals surface area contributed by atoms with E-state index in [1.54, 1.807) is 23.1 Å². The second-order valence-corrected chi connectivity index (χ2v) is 5.45. The monoisotopic (exact) mass is 234 g/mol. The minimum Gasteiger partial charge on any atom is -0.198 e. The van der Waals surface area contributed by atoms with E-state index in [0.717, 1.165) is 4.34 Å². The van der Waals surface area contributed by atoms with Crippen molar-refractivity contribution in [3.63, 3.8) is 0 Å². The summed E-state index contributed by atoms with van der Waals surface area (Å²) >= 11 is 10.2. The molecule has 2 aromatic heterocycles. The molecule has 0 spiro atoms. The van der Waals surface area contributed by atoms with E-state index in [1.807, 2.05) is 17.5 Å². The molecule has 0 amide bonds. The fourth-order valence-electron chi connectivity index (χ4n) is 0.642. The van der Waals surface area contributed by atoms with Gasteiger partial charge in [0.05, 0.1) is 4.21 Å². The minimum absolute atomic E-state index is 0.332. The Kier molecular flexibility index (Phi) is 2.65. The van der Waals surface area contributed by atoms with Gasteiger partial charge in [-0.3, -0.25) is 0 Å². The summed E-state index contributed by atoms with van der Waals surface area (Å²) in [6.07, 6.45) is 0. The number of rotatable bonds is 2. The van der Waals surface area contributed by atoms with Crippen LogP contribution in [0.4, 0.5) is 0 Å². The highest BCUT2D eigenvalue weighted by Crippen LogP contribution is 2.32. The topological polar surface area (TPSA) is 25.8 Å². The fourth-order valence-corrected chi connectivity index (χ4v) is 3.44. The van der Waals surface area contributed by atoms with Crippen LogP contribution in [-0.4, -0.2) is 9.36 Å². The summed E-state index contributed by atoms with van der Waals surface area (Å²) in [7, 11) is 0. The lowest BCUT2D eigenvalue weighted by Crippen LogP contribution is -1.65. The summed E-state index contributed by atoms with van der Waals surface area (Å²) in [4.78, 5) is 4.03. The van der Waals surface area contributed by atoms with Gasteiger partial charge in [-0.25, -0.2) is 0 Å². The molecule has 0 atom stereocenters. The first kappa shape index (κ1) is 8.50. The summed E-state index contributed by atoms with van der Waals surface area (Å²) in [6, 6.07) is 4.06. The van der Waals surface area contributed by atoms with Crippen molar-refractivity contribution in [2.24, 2.45) is 0 Å². The summed E-state index contributed by atoms with van der Waals surface area (Å²) in [5, 5.41) is 2.37. The summed E-state index contributed by atoms with van der Waals surface area (Å²) in [5.41, 5.74) is 0. The van der Waals surface area contributed by atoms with Crippen molar-refractivity contribution < 1.29 is 0 Å². The molecule has 0 aliphatic carbocycles. The molecule has 2 aromatic rings. The average Bonchev–Trinajstić information content (AvgIpc) is 2.63. The maximum Gasteiger partial charge on any atom is 0.235 e. The first-order valence-electron chi connectivity index (χ1n) is 3.05. The Balaban J connectivity index is 2.14. The number of hydrogen-bond donors (Lipinski definition) is 0. The van der Waals surface area contributed by atoms with Crippen molar-refractivity contribution in [2.75, 3.05) is 0 Å². The summed E-state index contributed by atoms with van der Waals surface area (Å²) in [5.74, 6) is 0. The van der Waals surface area contributed by atoms with Gasteiger partial charge >= 0.3 is 0 Å². The van der Waals surface area contributed by atoms with Crippen molar-refractivity contribution in [3.05, 3.63) is 22.8 Å². The molecule has 0 saturated carbocycles. The largest absolute Gasteiger partial charge is 0.235 e. The molecule has 0 bridgehead atoms. The Bertz CT molecular complexity index is 357. The van der Waals surface area contributed by atoms with E-state index in [0.29, 0.717) is 5.28 Å². The van der Waals surface area contributed by atoms with E-state index in [-0.39, 0.29) is 0 Å². The van der Waals surface area contributed by atoms with Gasteiger partial charge in [-0.05, 0) is 46.3 Å². The third-order valence-electron chi connectivity index (χ3n) is 1.07. The van der Waals surface area contributed by atoms with Gasteiger partial charge in [-0.2, -0.15) is 9.36 Å². The van der Waals surface area contributed by atoms with Crippen LogP contribution in [0.2, 0.25) is 5.28 Å². The molecule has 2 nitrogen and oxygen atoms in total. The van der Waals surface area contributed by atoms with Crippen molar-refractivity contribution in [1.82, 2.24) is 9.36 Å². The van der Waals surface area contributed by atoms with Gasteiger partial charge in [0.15, 0.2) is 4.34 Å². The van der Waals surface area contributed by atoms with Crippen LogP contribution < -0.4 is 0 Å². The van der Waals surface area contributed by atoms with Crippen LogP contribution in [0.25, 0.3) is 0 Å². The maximum atomic E-state index is 5.58. The third kappa shape index (κ3) is 1.98. The Hall–Kier alpha value is -0.100. The van der Waals surface area contributed by atoms with E-state index in [9.17, 15) is 0 Å². The Morgan fingerprint density at radius 1 is 1.50 bits per heavy atom. The SMILES string of the molecule is Clc1nsc(Sc2cccs2)n1. The van der Waals surface area contributed by atoms with Gasteiger partial charge in [-0.15, -0.1) is 11.3 Å². The quantitative estimate of drug-likeness (QED) is 0.797. The molecule has 6 heteroatoms. The fraction of sp³-hybridized carbons (Fsp3) is 0. The molecule has 62 valence electrons. The lowest BCUT2D eigenvalue weighted by molar-refractivity contribution is 1.22. The predicted molar refractivity (Wildman–Crippen MR) is 53.4 cm³/mol. The second kappa shape index (κ2) is 3.74. The average molecular weight is 235 g/mol. The molecule has 0 unspecified atom stereocenters. The lowest BCUT2D eigenvalue weighted by atomic mass is 10.7. The highest BCUT2D eigenvalue weighted by Gasteiger charge is 2.03. The zero-order valence-corrected chi connectivity index (χ0v) is 8.93. The van der Waals surface area contributed by atoms with Gasteiger partial charge in [0.25, 0.3) is 0 Å². The molecule has 0 radical (unpaired) electrons. The van der Waals surface area contributed by atoms with Crippen molar-refractivity contribution in [2.45, 2.75) is 8.55 Å². The standard InChI is InChI=1S/C6H3ClN2S3/c7-5-8-6(12-9-5)11-4-2-1-3-10-4/h1-3H. The second-order valence-electron chi connectivity index (χ2n) is 1.86. The van der Waals surface area contributed by atoms with E-state index in [1.165, 1.54) is 15.7 Å². The Morgan fingerprint density at radius 3 is 3.00 bits per heavy atom. The maximum absolute atomic E-state index is 5.58. The van der Waals surface area contributed by atoms with Crippen LogP contribution in [0.15, 0.2) is 26.1 Å². The van der Waals surface area contributed by atoms with Gasteiger partial charge in [0, 0.05) is 0 Å². The highest BCUT2D eigenvalue weighted by molar-refractivity contribution is 8.02. The molecular weight excluding hydrogens is 232 g/mol. The molecule has 0 N–H and O–H groups in total. The van der Waals surface area contributed by atoms with Crippen LogP contribution in [-0.2, 0) is 0 Å². The molecule has 0 aliphatic rings. The zero-order valence-electron chi connectivity index (χ0n) is 5.73. The zero-order chi connectivity index (χ0) is 8.39. The Labute approximate surface area is 86.8 Å². The van der Waals surface area contributed by atoms with E-state index >= 15 is 0 Å². The van der Waals surface area contributed by atoms with Crippen LogP contribution in [0.3, 0.4) is 0 Å². The third-order valence-corrected chi connectivity index (χ3v) is 4.12. The number of hydrogen-bond acceptors (Lipinski definition) is 5. The number of aromatic nitrogens is 2. The summed E-state index contributed by atoms with van der Waals surface area (Å²) < 4.78 is 5.98. The molecular formula is C6H3ClN2S3. The first-order chi connectivity index (χ1) is 5.84. The van der Waals surface area contributed by atoms with E-state index in [2.05, 4.69) is 9.36 Å². The van der Waals surface area contributed by atoms with E-state index < -0.39 is 0 Å². The molecule has 12 heavy (non-hydrogen) atoms. The molecule has 0 fully saturated rings. The lowest BCUT2D eigenvalue weighted by Gasteiger charge is -1.87. The number of halogens is 1. The normalized spacial score (nSPS) is 10.4. The summed E-state index contributed by atoms with van der Waals surface area (Å²) in [6.45, 7) is 0. The predicted octanol–water partition coefficient (Wildman–Crippen LogP) is 3.40. The smallest absolute Gasteiger partial charge is 0.198 e. The van der Waals surface area contributed by atoms with Gasteiger partial charge in [0.2, 0.25) is 5.28 Å². The minimum atomic E-state index is 0.332. The van der Waals surface area contributed by atoms with Crippen molar-refractivity contribution >= 4 is 46.2 Å². The number of nitrogens with zero attached hydrogens (tertiary/aromatic N) is 2. The van der Waals surface area contributed by atoms with Gasteiger partial charge in [0.1, 0.15) is 0 Å². The molecule has 2 rings (SSSR count). The number of thiophene rings is 1. The van der Waals surface area contributed by atoms with Gasteiger partial charge in [-0.1, -0.05) is 6.07 Å². The van der Waals surface area contributed by atoms with Crippen LogP contribution in [0.5, 0.6) is 0 Å². The van der Waals surface area contributed by atoms with Crippen LogP contribution in [0, 0.1) is 0 Å². The van der Waals surface area contributed by atoms with Crippen LogP contribution >= 0.6 is 46.2 Å². The van der Waals surface area contributed by atoms with Crippen molar-refractivity contribution in [3.8, 4) is 0 Å². The Morgan fingerprint density at radius 2 is 2.42 bits per heavy atom. The van der Waals surface area contributed by atoms with E-state index in [4.69, 9.17) is 11.6 Å².